The lowest BCUT2D eigenvalue weighted by Gasteiger charge is -1.91. The number of thiophene rings is 1. The van der Waals surface area contributed by atoms with Gasteiger partial charge in [0.05, 0.1) is 5.02 Å². The lowest BCUT2D eigenvalue weighted by atomic mass is 10.4. The molecule has 0 spiro atoms. The van der Waals surface area contributed by atoms with E-state index in [1.165, 1.54) is 0 Å². The molecule has 0 fully saturated rings. The molecule has 62 valence electrons. The summed E-state index contributed by atoms with van der Waals surface area (Å²) in [6.07, 6.45) is 0. The fourth-order valence-electron chi connectivity index (χ4n) is 0.620. The molecule has 1 aromatic rings. The van der Waals surface area contributed by atoms with Crippen molar-refractivity contribution in [2.24, 2.45) is 0 Å². The van der Waals surface area contributed by atoms with E-state index in [9.17, 15) is 8.42 Å². The third kappa shape index (κ3) is 1.87. The highest BCUT2D eigenvalue weighted by molar-refractivity contribution is 8.15. The summed E-state index contributed by atoms with van der Waals surface area (Å²) in [5.41, 5.74) is 0.520. The molecule has 6 heteroatoms. The van der Waals surface area contributed by atoms with E-state index in [0.717, 1.165) is 11.3 Å². The Balaban J connectivity index is 3.38. The second-order valence-corrected chi connectivity index (χ2v) is 5.98. The molecule has 0 bridgehead atoms. The molecule has 0 aliphatic rings. The highest BCUT2D eigenvalue weighted by Gasteiger charge is 2.17. The molecule has 11 heavy (non-hydrogen) atoms. The molecule has 0 saturated carbocycles. The van der Waals surface area contributed by atoms with Crippen LogP contribution in [0.4, 0.5) is 0 Å². The average molecular weight is 231 g/mol. The summed E-state index contributed by atoms with van der Waals surface area (Å²) in [7, 11) is 1.49. The maximum absolute atomic E-state index is 10.8. The van der Waals surface area contributed by atoms with Gasteiger partial charge in [0.2, 0.25) is 0 Å². The normalized spacial score (nSPS) is 11.9. The van der Waals surface area contributed by atoms with E-state index >= 15 is 0 Å². The van der Waals surface area contributed by atoms with Crippen LogP contribution in [-0.2, 0) is 9.05 Å². The van der Waals surface area contributed by atoms with Gasteiger partial charge in [-0.25, -0.2) is 8.42 Å². The highest BCUT2D eigenvalue weighted by Crippen LogP contribution is 2.31. The monoisotopic (exact) mass is 230 g/mol. The molecule has 0 N–H and O–H groups in total. The van der Waals surface area contributed by atoms with Crippen molar-refractivity contribution in [2.75, 3.05) is 0 Å². The van der Waals surface area contributed by atoms with E-state index in [1.807, 2.05) is 0 Å². The predicted octanol–water partition coefficient (Wildman–Crippen LogP) is 2.64. The fourth-order valence-corrected chi connectivity index (χ4v) is 3.39. The summed E-state index contributed by atoms with van der Waals surface area (Å²) in [6.45, 7) is 1.62. The molecule has 0 unspecified atom stereocenters. The maximum atomic E-state index is 10.8. The standard InChI is InChI=1S/C5H4Cl2O2S2/c1-3-4(6)2-10-5(3)11(7,8)9/h2H,1H3. The second kappa shape index (κ2) is 2.94. The van der Waals surface area contributed by atoms with Crippen molar-refractivity contribution in [1.82, 2.24) is 0 Å². The van der Waals surface area contributed by atoms with Crippen molar-refractivity contribution in [1.29, 1.82) is 0 Å². The van der Waals surface area contributed by atoms with Crippen molar-refractivity contribution in [3.05, 3.63) is 16.0 Å². The second-order valence-electron chi connectivity index (χ2n) is 1.93. The zero-order valence-electron chi connectivity index (χ0n) is 5.47. The van der Waals surface area contributed by atoms with Gasteiger partial charge in [-0.2, -0.15) is 0 Å². The Labute approximate surface area is 78.2 Å². The quantitative estimate of drug-likeness (QED) is 0.696. The van der Waals surface area contributed by atoms with E-state index in [2.05, 4.69) is 0 Å². The van der Waals surface area contributed by atoms with Gasteiger partial charge in [0.25, 0.3) is 9.05 Å². The molecule has 0 saturated heterocycles. The zero-order valence-corrected chi connectivity index (χ0v) is 8.61. The van der Waals surface area contributed by atoms with Crippen LogP contribution in [-0.4, -0.2) is 8.42 Å². The van der Waals surface area contributed by atoms with Crippen LogP contribution in [0.5, 0.6) is 0 Å². The summed E-state index contributed by atoms with van der Waals surface area (Å²) in [5, 5.41) is 1.99. The molecule has 0 aromatic carbocycles. The first-order valence-electron chi connectivity index (χ1n) is 2.61. The molecule has 2 nitrogen and oxygen atoms in total. The van der Waals surface area contributed by atoms with Gasteiger partial charge >= 0.3 is 0 Å². The van der Waals surface area contributed by atoms with Gasteiger partial charge in [-0.3, -0.25) is 0 Å². The van der Waals surface area contributed by atoms with Gasteiger partial charge < -0.3 is 0 Å². The number of rotatable bonds is 1. The number of hydrogen-bond donors (Lipinski definition) is 0. The molecule has 0 aliphatic carbocycles. The summed E-state index contributed by atoms with van der Waals surface area (Å²) in [6, 6.07) is 0. The van der Waals surface area contributed by atoms with Gasteiger partial charge in [0.15, 0.2) is 0 Å². The van der Waals surface area contributed by atoms with Gasteiger partial charge in [0, 0.05) is 16.1 Å². The van der Waals surface area contributed by atoms with Gasteiger partial charge in [-0.1, -0.05) is 11.6 Å². The fraction of sp³-hybridized carbons (Fsp3) is 0.200. The largest absolute Gasteiger partial charge is 0.271 e. The molecule has 1 aromatic heterocycles. The van der Waals surface area contributed by atoms with Crippen molar-refractivity contribution in [2.45, 2.75) is 11.1 Å². The van der Waals surface area contributed by atoms with Crippen LogP contribution >= 0.6 is 33.6 Å². The molecule has 0 amide bonds. The minimum atomic E-state index is -3.61. The third-order valence-corrected chi connectivity index (χ3v) is 4.98. The van der Waals surface area contributed by atoms with Crippen molar-refractivity contribution in [3.8, 4) is 0 Å². The van der Waals surface area contributed by atoms with E-state index in [-0.39, 0.29) is 4.21 Å². The smallest absolute Gasteiger partial charge is 0.206 e. The maximum Gasteiger partial charge on any atom is 0.271 e. The van der Waals surface area contributed by atoms with Crippen LogP contribution in [0.1, 0.15) is 5.56 Å². The first-order chi connectivity index (χ1) is 4.93. The lowest BCUT2D eigenvalue weighted by Crippen LogP contribution is -1.87. The van der Waals surface area contributed by atoms with Crippen molar-refractivity contribution in [3.63, 3.8) is 0 Å². The highest BCUT2D eigenvalue weighted by atomic mass is 35.7. The number of hydrogen-bond acceptors (Lipinski definition) is 3. The van der Waals surface area contributed by atoms with Crippen LogP contribution in [0.25, 0.3) is 0 Å². The lowest BCUT2D eigenvalue weighted by molar-refractivity contribution is 0.611. The molecule has 0 aliphatic heterocycles. The Hall–Kier alpha value is 0.230. The van der Waals surface area contributed by atoms with Gasteiger partial charge in [0.1, 0.15) is 4.21 Å². The Morgan fingerprint density at radius 1 is 1.55 bits per heavy atom. The Bertz CT molecular complexity index is 366. The minimum absolute atomic E-state index is 0.129. The minimum Gasteiger partial charge on any atom is -0.206 e. The Kier molecular flexibility index (Phi) is 2.49. The molecule has 0 atom stereocenters. The van der Waals surface area contributed by atoms with E-state index in [0.29, 0.717) is 10.6 Å². The van der Waals surface area contributed by atoms with Gasteiger partial charge in [-0.15, -0.1) is 11.3 Å². The predicted molar refractivity (Wildman–Crippen MR) is 47.1 cm³/mol. The van der Waals surface area contributed by atoms with E-state index in [1.54, 1.807) is 12.3 Å². The van der Waals surface area contributed by atoms with Crippen LogP contribution in [0.15, 0.2) is 9.59 Å². The van der Waals surface area contributed by atoms with E-state index in [4.69, 9.17) is 22.3 Å². The SMILES string of the molecule is Cc1c(Cl)csc1S(=O)(=O)Cl. The topological polar surface area (TPSA) is 34.1 Å². The first-order valence-corrected chi connectivity index (χ1v) is 6.18. The van der Waals surface area contributed by atoms with Crippen LogP contribution < -0.4 is 0 Å². The van der Waals surface area contributed by atoms with Crippen LogP contribution in [0.2, 0.25) is 5.02 Å². The van der Waals surface area contributed by atoms with Crippen molar-refractivity contribution >= 4 is 42.7 Å². The first kappa shape index (κ1) is 9.32. The van der Waals surface area contributed by atoms with Gasteiger partial charge in [-0.05, 0) is 12.5 Å². The molecular formula is C5H4Cl2O2S2. The molecule has 1 heterocycles. The summed E-state index contributed by atoms with van der Waals surface area (Å²) in [5.74, 6) is 0. The number of halogens is 2. The summed E-state index contributed by atoms with van der Waals surface area (Å²) >= 11 is 6.65. The van der Waals surface area contributed by atoms with E-state index < -0.39 is 9.05 Å². The molecular weight excluding hydrogens is 227 g/mol. The summed E-state index contributed by atoms with van der Waals surface area (Å²) in [4.78, 5) is 0. The zero-order chi connectivity index (χ0) is 8.65. The third-order valence-electron chi connectivity index (χ3n) is 1.16. The molecule has 1 rings (SSSR count). The molecule has 0 radical (unpaired) electrons. The summed E-state index contributed by atoms with van der Waals surface area (Å²) < 4.78 is 21.7. The van der Waals surface area contributed by atoms with Crippen LogP contribution in [0, 0.1) is 6.92 Å². The Morgan fingerprint density at radius 3 is 2.27 bits per heavy atom. The average Bonchev–Trinajstić information content (AvgIpc) is 2.11. The Morgan fingerprint density at radius 2 is 2.09 bits per heavy atom. The van der Waals surface area contributed by atoms with Crippen molar-refractivity contribution < 1.29 is 8.42 Å². The van der Waals surface area contributed by atoms with Crippen LogP contribution in [0.3, 0.4) is 0 Å².